The lowest BCUT2D eigenvalue weighted by Crippen LogP contribution is -2.57. The second-order valence-corrected chi connectivity index (χ2v) is 12.1. The molecule has 1 saturated carbocycles. The zero-order chi connectivity index (χ0) is 30.5. The van der Waals surface area contributed by atoms with E-state index in [1.807, 2.05) is 64.1 Å². The van der Waals surface area contributed by atoms with E-state index in [9.17, 15) is 19.2 Å². The molecule has 2 unspecified atom stereocenters. The molecule has 0 spiro atoms. The van der Waals surface area contributed by atoms with E-state index in [-0.39, 0.29) is 24.8 Å². The Balaban J connectivity index is 2.09. The molecular weight excluding hydrogens is 520 g/mol. The van der Waals surface area contributed by atoms with Crippen molar-refractivity contribution in [3.8, 4) is 0 Å². The molecule has 9 heteroatoms. The summed E-state index contributed by atoms with van der Waals surface area (Å²) in [7, 11) is 0. The van der Waals surface area contributed by atoms with Crippen LogP contribution in [-0.2, 0) is 19.1 Å². The third-order valence-electron chi connectivity index (χ3n) is 7.21. The van der Waals surface area contributed by atoms with E-state index in [4.69, 9.17) is 10.5 Å². The van der Waals surface area contributed by atoms with Crippen molar-refractivity contribution in [3.63, 3.8) is 0 Å². The van der Waals surface area contributed by atoms with E-state index in [0.29, 0.717) is 11.3 Å². The van der Waals surface area contributed by atoms with Crippen LogP contribution in [0.5, 0.6) is 0 Å². The molecule has 3 rings (SSSR count). The second kappa shape index (κ2) is 13.2. The van der Waals surface area contributed by atoms with Gasteiger partial charge >= 0.3 is 6.09 Å². The van der Waals surface area contributed by atoms with Gasteiger partial charge in [-0.05, 0) is 90.8 Å². The summed E-state index contributed by atoms with van der Waals surface area (Å²) in [5.74, 6) is -1.40. The maximum atomic E-state index is 14.4. The average molecular weight is 565 g/mol. The number of nitrogens with one attached hydrogen (secondary N) is 2. The zero-order valence-electron chi connectivity index (χ0n) is 25.3. The normalized spacial score (nSPS) is 14.8. The van der Waals surface area contributed by atoms with Crippen LogP contribution in [0.3, 0.4) is 0 Å². The number of nitrogens with zero attached hydrogens (tertiary/aromatic N) is 1. The summed E-state index contributed by atoms with van der Waals surface area (Å²) < 4.78 is 5.42. The fraction of sp³-hybridized carbons (Fsp3) is 0.500. The number of carbonyl (C=O) groups is 4. The van der Waals surface area contributed by atoms with Crippen molar-refractivity contribution in [2.45, 2.75) is 104 Å². The van der Waals surface area contributed by atoms with E-state index in [1.54, 1.807) is 25.7 Å². The van der Waals surface area contributed by atoms with Gasteiger partial charge in [0.2, 0.25) is 11.8 Å². The lowest BCUT2D eigenvalue weighted by Gasteiger charge is -2.43. The molecule has 2 aromatic carbocycles. The molecule has 0 heterocycles. The molecule has 41 heavy (non-hydrogen) atoms. The summed E-state index contributed by atoms with van der Waals surface area (Å²) >= 11 is 0. The Morgan fingerprint density at radius 3 is 2.07 bits per heavy atom. The van der Waals surface area contributed by atoms with Gasteiger partial charge in [0.05, 0.1) is 0 Å². The van der Waals surface area contributed by atoms with Crippen molar-refractivity contribution in [1.29, 1.82) is 0 Å². The number of primary amides is 1. The largest absolute Gasteiger partial charge is 0.444 e. The number of alkyl carbamates (subject to hydrolysis) is 1. The van der Waals surface area contributed by atoms with E-state index in [1.165, 1.54) is 0 Å². The van der Waals surface area contributed by atoms with Crippen molar-refractivity contribution in [3.05, 3.63) is 64.2 Å². The maximum absolute atomic E-state index is 14.4. The molecule has 4 amide bonds. The molecule has 0 aliphatic heterocycles. The number of rotatable bonds is 10. The number of nitrogens with two attached hydrogens (primary N) is 1. The lowest BCUT2D eigenvalue weighted by atomic mass is 9.87. The van der Waals surface area contributed by atoms with Crippen LogP contribution < -0.4 is 16.4 Å². The quantitative estimate of drug-likeness (QED) is 0.368. The summed E-state index contributed by atoms with van der Waals surface area (Å²) in [4.78, 5) is 54.7. The predicted molar refractivity (Wildman–Crippen MR) is 159 cm³/mol. The Hall–Kier alpha value is -3.88. The van der Waals surface area contributed by atoms with Crippen molar-refractivity contribution < 1.29 is 23.9 Å². The number of aryl methyl sites for hydroxylation is 4. The SMILES string of the molecule is Cc1cc(C)cc(C(C(=O)Nc2c(C)cccc2C)N(C(=O)C(CCC(N)=O)NC(=O)OC(C)(C)C)C2CCC2)c1. The molecule has 0 saturated heterocycles. The fourth-order valence-electron chi connectivity index (χ4n) is 5.17. The number of ether oxygens (including phenoxy) is 1. The molecule has 1 aliphatic rings. The first-order chi connectivity index (χ1) is 19.2. The van der Waals surface area contributed by atoms with Gasteiger partial charge in [0.25, 0.3) is 5.91 Å². The minimum atomic E-state index is -1.11. The minimum absolute atomic E-state index is 0.0191. The number of carbonyl (C=O) groups excluding carboxylic acids is 4. The zero-order valence-corrected chi connectivity index (χ0v) is 25.3. The molecule has 0 radical (unpaired) electrons. The smallest absolute Gasteiger partial charge is 0.408 e. The number of benzene rings is 2. The van der Waals surface area contributed by atoms with Crippen LogP contribution in [0.15, 0.2) is 36.4 Å². The number of amides is 4. The minimum Gasteiger partial charge on any atom is -0.444 e. The van der Waals surface area contributed by atoms with Crippen molar-refractivity contribution in [2.24, 2.45) is 5.73 Å². The van der Waals surface area contributed by atoms with E-state index < -0.39 is 35.6 Å². The van der Waals surface area contributed by atoms with Crippen LogP contribution in [-0.4, -0.2) is 46.4 Å². The Labute approximate surface area is 243 Å². The molecule has 1 fully saturated rings. The number of para-hydroxylation sites is 1. The first kappa shape index (κ1) is 31.6. The summed E-state index contributed by atoms with van der Waals surface area (Å²) in [5, 5.41) is 5.75. The van der Waals surface area contributed by atoms with Gasteiger partial charge in [0, 0.05) is 18.2 Å². The summed E-state index contributed by atoms with van der Waals surface area (Å²) in [6.07, 6.45) is 1.44. The standard InChI is InChI=1S/C32H44N4O5/c1-19-16-20(2)18-23(17-19)28(29(38)35-27-21(3)10-8-11-22(27)4)36(24-12-9-13-24)30(39)25(14-15-26(33)37)34-31(40)41-32(5,6)7/h8,10-11,16-18,24-25,28H,9,12-15H2,1-7H3,(H2,33,37)(H,34,40)(H,35,38). The van der Waals surface area contributed by atoms with Gasteiger partial charge in [-0.25, -0.2) is 4.79 Å². The molecule has 0 aromatic heterocycles. The third kappa shape index (κ3) is 8.55. The molecule has 0 bridgehead atoms. The summed E-state index contributed by atoms with van der Waals surface area (Å²) in [6.45, 7) is 12.9. The van der Waals surface area contributed by atoms with Gasteiger partial charge < -0.3 is 26.0 Å². The first-order valence-corrected chi connectivity index (χ1v) is 14.2. The highest BCUT2D eigenvalue weighted by molar-refractivity contribution is 6.00. The molecular formula is C32H44N4O5. The van der Waals surface area contributed by atoms with Crippen LogP contribution in [0.1, 0.15) is 86.7 Å². The highest BCUT2D eigenvalue weighted by atomic mass is 16.6. The molecule has 2 atom stereocenters. The highest BCUT2D eigenvalue weighted by Gasteiger charge is 2.42. The van der Waals surface area contributed by atoms with Crippen molar-refractivity contribution >= 4 is 29.5 Å². The van der Waals surface area contributed by atoms with Gasteiger partial charge in [-0.2, -0.15) is 0 Å². The average Bonchev–Trinajstić information content (AvgIpc) is 2.80. The predicted octanol–water partition coefficient (Wildman–Crippen LogP) is 5.14. The van der Waals surface area contributed by atoms with Crippen LogP contribution in [0.4, 0.5) is 10.5 Å². The van der Waals surface area contributed by atoms with Gasteiger partial charge in [0.15, 0.2) is 0 Å². The molecule has 9 nitrogen and oxygen atoms in total. The Morgan fingerprint density at radius 2 is 1.59 bits per heavy atom. The van der Waals surface area contributed by atoms with Gasteiger partial charge in [-0.1, -0.05) is 47.5 Å². The maximum Gasteiger partial charge on any atom is 0.408 e. The van der Waals surface area contributed by atoms with Crippen molar-refractivity contribution in [2.75, 3.05) is 5.32 Å². The fourth-order valence-corrected chi connectivity index (χ4v) is 5.17. The molecule has 2 aromatic rings. The monoisotopic (exact) mass is 564 g/mol. The number of hydrogen-bond acceptors (Lipinski definition) is 5. The van der Waals surface area contributed by atoms with E-state index in [0.717, 1.165) is 41.5 Å². The molecule has 1 aliphatic carbocycles. The van der Waals surface area contributed by atoms with Crippen LogP contribution in [0.25, 0.3) is 0 Å². The Morgan fingerprint density at radius 1 is 1.00 bits per heavy atom. The second-order valence-electron chi connectivity index (χ2n) is 12.1. The van der Waals surface area contributed by atoms with Gasteiger partial charge in [-0.3, -0.25) is 14.4 Å². The Kier molecular flexibility index (Phi) is 10.2. The molecule has 222 valence electrons. The third-order valence-corrected chi connectivity index (χ3v) is 7.21. The first-order valence-electron chi connectivity index (χ1n) is 14.2. The number of hydrogen-bond donors (Lipinski definition) is 3. The van der Waals surface area contributed by atoms with Crippen LogP contribution in [0.2, 0.25) is 0 Å². The van der Waals surface area contributed by atoms with Gasteiger partial charge in [0.1, 0.15) is 17.7 Å². The van der Waals surface area contributed by atoms with Gasteiger partial charge in [-0.15, -0.1) is 0 Å². The topological polar surface area (TPSA) is 131 Å². The van der Waals surface area contributed by atoms with Crippen LogP contribution >= 0.6 is 0 Å². The molecule has 4 N–H and O–H groups in total. The van der Waals surface area contributed by atoms with E-state index >= 15 is 0 Å². The lowest BCUT2D eigenvalue weighted by molar-refractivity contribution is -0.146. The van der Waals surface area contributed by atoms with Crippen LogP contribution in [0, 0.1) is 27.7 Å². The summed E-state index contributed by atoms with van der Waals surface area (Å²) in [6, 6.07) is 9.33. The number of anilines is 1. The summed E-state index contributed by atoms with van der Waals surface area (Å²) in [5.41, 5.74) is 9.75. The van der Waals surface area contributed by atoms with E-state index in [2.05, 4.69) is 10.6 Å². The Bertz CT molecular complexity index is 1250. The van der Waals surface area contributed by atoms with Crippen molar-refractivity contribution in [1.82, 2.24) is 10.2 Å². The highest BCUT2D eigenvalue weighted by Crippen LogP contribution is 2.36.